The molecule has 0 bridgehead atoms. The number of amides is 1. The van der Waals surface area contributed by atoms with Crippen LogP contribution in [0.4, 0.5) is 11.4 Å². The topological polar surface area (TPSA) is 91.6 Å². The summed E-state index contributed by atoms with van der Waals surface area (Å²) >= 11 is 0. The molecule has 1 heterocycles. The van der Waals surface area contributed by atoms with Gasteiger partial charge in [0.1, 0.15) is 5.76 Å². The van der Waals surface area contributed by atoms with Gasteiger partial charge in [-0.2, -0.15) is 0 Å². The minimum atomic E-state index is -0.844. The highest BCUT2D eigenvalue weighted by atomic mass is 16.5. The van der Waals surface area contributed by atoms with Crippen LogP contribution < -0.4 is 16.4 Å². The van der Waals surface area contributed by atoms with E-state index in [-0.39, 0.29) is 17.0 Å². The van der Waals surface area contributed by atoms with E-state index in [2.05, 4.69) is 5.32 Å². The van der Waals surface area contributed by atoms with Crippen LogP contribution in [0.15, 0.2) is 69.9 Å². The normalized spacial score (nSPS) is 10.3. The highest BCUT2D eigenvalue weighted by Gasteiger charge is 2.20. The zero-order valence-electron chi connectivity index (χ0n) is 13.4. The van der Waals surface area contributed by atoms with Crippen LogP contribution in [0.3, 0.4) is 0 Å². The summed E-state index contributed by atoms with van der Waals surface area (Å²) < 4.78 is 5.27. The first-order chi connectivity index (χ1) is 12.1. The average Bonchev–Trinajstić information content (AvgIpc) is 2.62. The third-order valence-electron chi connectivity index (χ3n) is 3.67. The SMILES string of the molecule is Cc1ccc(-c2cc(NO)c(C(=O)Nc3ccccc3)c(=O)o2)cc1. The summed E-state index contributed by atoms with van der Waals surface area (Å²) in [4.78, 5) is 24.7. The van der Waals surface area contributed by atoms with Crippen LogP contribution in [0.5, 0.6) is 0 Å². The predicted molar refractivity (Wildman–Crippen MR) is 95.0 cm³/mol. The lowest BCUT2D eigenvalue weighted by Gasteiger charge is -2.10. The van der Waals surface area contributed by atoms with Gasteiger partial charge in [-0.3, -0.25) is 15.5 Å². The standard InChI is InChI=1S/C19H16N2O4/c1-12-7-9-13(10-8-12)16-11-15(21-24)17(19(23)25-16)18(22)20-14-5-3-2-4-6-14/h2-11,21,24H,1H3,(H,20,22). The van der Waals surface area contributed by atoms with Crippen LogP contribution >= 0.6 is 0 Å². The van der Waals surface area contributed by atoms with E-state index in [1.165, 1.54) is 6.07 Å². The van der Waals surface area contributed by atoms with E-state index in [1.54, 1.807) is 42.5 Å². The molecule has 0 aliphatic rings. The quantitative estimate of drug-likeness (QED) is 0.632. The summed E-state index contributed by atoms with van der Waals surface area (Å²) in [5.41, 5.74) is 2.98. The summed E-state index contributed by atoms with van der Waals surface area (Å²) in [6, 6.07) is 17.4. The molecule has 6 heteroatoms. The number of hydrogen-bond acceptors (Lipinski definition) is 5. The molecule has 0 unspecified atom stereocenters. The molecule has 0 spiro atoms. The van der Waals surface area contributed by atoms with Gasteiger partial charge in [-0.05, 0) is 19.1 Å². The average molecular weight is 336 g/mol. The minimum absolute atomic E-state index is 0.0275. The maximum absolute atomic E-state index is 12.4. The number of para-hydroxylation sites is 1. The Morgan fingerprint density at radius 3 is 2.36 bits per heavy atom. The molecule has 0 aliphatic carbocycles. The van der Waals surface area contributed by atoms with Crippen LogP contribution in [0.25, 0.3) is 11.3 Å². The van der Waals surface area contributed by atoms with Crippen molar-refractivity contribution in [3.63, 3.8) is 0 Å². The number of nitrogens with one attached hydrogen (secondary N) is 2. The fraction of sp³-hybridized carbons (Fsp3) is 0.0526. The van der Waals surface area contributed by atoms with Crippen molar-refractivity contribution in [3.05, 3.63) is 82.2 Å². The van der Waals surface area contributed by atoms with Crippen LogP contribution in [-0.2, 0) is 0 Å². The molecule has 0 atom stereocenters. The molecular weight excluding hydrogens is 320 g/mol. The van der Waals surface area contributed by atoms with E-state index in [9.17, 15) is 14.8 Å². The van der Waals surface area contributed by atoms with Crippen molar-refractivity contribution in [2.45, 2.75) is 6.92 Å². The molecule has 1 amide bonds. The minimum Gasteiger partial charge on any atom is -0.422 e. The number of rotatable bonds is 4. The Kier molecular flexibility index (Phi) is 4.63. The van der Waals surface area contributed by atoms with E-state index < -0.39 is 11.5 Å². The lowest BCUT2D eigenvalue weighted by Crippen LogP contribution is -2.23. The Morgan fingerprint density at radius 1 is 1.04 bits per heavy atom. The second-order valence-corrected chi connectivity index (χ2v) is 5.48. The predicted octanol–water partition coefficient (Wildman–Crippen LogP) is 3.67. The Bertz CT molecular complexity index is 947. The largest absolute Gasteiger partial charge is 0.422 e. The first kappa shape index (κ1) is 16.5. The molecule has 25 heavy (non-hydrogen) atoms. The van der Waals surface area contributed by atoms with Crippen molar-refractivity contribution in [3.8, 4) is 11.3 Å². The summed E-state index contributed by atoms with van der Waals surface area (Å²) in [5, 5.41) is 12.0. The molecule has 0 fully saturated rings. The maximum atomic E-state index is 12.4. The van der Waals surface area contributed by atoms with E-state index in [1.807, 2.05) is 24.5 Å². The van der Waals surface area contributed by atoms with Crippen LogP contribution in [0, 0.1) is 6.92 Å². The number of aryl methyl sites for hydroxylation is 1. The lowest BCUT2D eigenvalue weighted by atomic mass is 10.1. The highest BCUT2D eigenvalue weighted by molar-refractivity contribution is 6.07. The lowest BCUT2D eigenvalue weighted by molar-refractivity contribution is 0.102. The number of benzene rings is 2. The number of hydrogen-bond donors (Lipinski definition) is 3. The van der Waals surface area contributed by atoms with E-state index in [4.69, 9.17) is 4.42 Å². The Morgan fingerprint density at radius 2 is 1.72 bits per heavy atom. The van der Waals surface area contributed by atoms with Crippen molar-refractivity contribution in [2.75, 3.05) is 10.8 Å². The van der Waals surface area contributed by atoms with E-state index in [0.717, 1.165) is 5.56 Å². The first-order valence-electron chi connectivity index (χ1n) is 7.60. The fourth-order valence-electron chi connectivity index (χ4n) is 2.37. The van der Waals surface area contributed by atoms with Crippen molar-refractivity contribution in [1.29, 1.82) is 0 Å². The van der Waals surface area contributed by atoms with Gasteiger partial charge in [0.25, 0.3) is 5.91 Å². The van der Waals surface area contributed by atoms with Crippen molar-refractivity contribution >= 4 is 17.3 Å². The van der Waals surface area contributed by atoms with E-state index >= 15 is 0 Å². The van der Waals surface area contributed by atoms with Gasteiger partial charge in [-0.1, -0.05) is 48.0 Å². The van der Waals surface area contributed by atoms with Crippen LogP contribution in [0.2, 0.25) is 0 Å². The van der Waals surface area contributed by atoms with Crippen molar-refractivity contribution in [2.24, 2.45) is 0 Å². The third kappa shape index (κ3) is 3.59. The zero-order chi connectivity index (χ0) is 17.8. The molecule has 3 aromatic rings. The van der Waals surface area contributed by atoms with Gasteiger partial charge in [0.2, 0.25) is 0 Å². The monoisotopic (exact) mass is 336 g/mol. The van der Waals surface area contributed by atoms with Gasteiger partial charge < -0.3 is 9.73 Å². The number of anilines is 2. The molecular formula is C19H16N2O4. The summed E-state index contributed by atoms with van der Waals surface area (Å²) in [7, 11) is 0. The van der Waals surface area contributed by atoms with Crippen molar-refractivity contribution in [1.82, 2.24) is 0 Å². The third-order valence-corrected chi connectivity index (χ3v) is 3.67. The van der Waals surface area contributed by atoms with Gasteiger partial charge in [-0.25, -0.2) is 4.79 Å². The highest BCUT2D eigenvalue weighted by Crippen LogP contribution is 2.24. The molecule has 0 aliphatic heterocycles. The smallest absolute Gasteiger partial charge is 0.351 e. The molecule has 1 aromatic heterocycles. The Balaban J connectivity index is 1.99. The van der Waals surface area contributed by atoms with Gasteiger partial charge in [0.15, 0.2) is 5.56 Å². The van der Waals surface area contributed by atoms with Crippen LogP contribution in [-0.4, -0.2) is 11.1 Å². The number of carbonyl (C=O) groups excluding carboxylic acids is 1. The summed E-state index contributed by atoms with van der Waals surface area (Å²) in [6.45, 7) is 1.94. The van der Waals surface area contributed by atoms with Gasteiger partial charge in [-0.15, -0.1) is 0 Å². The molecule has 3 N–H and O–H groups in total. The van der Waals surface area contributed by atoms with Crippen LogP contribution in [0.1, 0.15) is 15.9 Å². The number of carbonyl (C=O) groups is 1. The van der Waals surface area contributed by atoms with Gasteiger partial charge in [0, 0.05) is 17.3 Å². The Labute approximate surface area is 143 Å². The fourth-order valence-corrected chi connectivity index (χ4v) is 2.37. The van der Waals surface area contributed by atoms with Crippen molar-refractivity contribution < 1.29 is 14.4 Å². The molecule has 126 valence electrons. The molecule has 0 saturated carbocycles. The molecule has 6 nitrogen and oxygen atoms in total. The second-order valence-electron chi connectivity index (χ2n) is 5.48. The summed E-state index contributed by atoms with van der Waals surface area (Å²) in [5.74, 6) is -0.426. The van der Waals surface area contributed by atoms with E-state index in [0.29, 0.717) is 11.3 Å². The van der Waals surface area contributed by atoms with Gasteiger partial charge in [0.05, 0.1) is 5.69 Å². The molecule has 0 radical (unpaired) electrons. The molecule has 0 saturated heterocycles. The van der Waals surface area contributed by atoms with Gasteiger partial charge >= 0.3 is 5.63 Å². The summed E-state index contributed by atoms with van der Waals surface area (Å²) in [6.07, 6.45) is 0. The zero-order valence-corrected chi connectivity index (χ0v) is 13.4. The Hall–Kier alpha value is -3.38. The molecule has 3 rings (SSSR count). The molecule has 2 aromatic carbocycles. The first-order valence-corrected chi connectivity index (χ1v) is 7.60. The maximum Gasteiger partial charge on any atom is 0.351 e. The second kappa shape index (κ2) is 7.02.